The van der Waals surface area contributed by atoms with Crippen LogP contribution in [0.15, 0.2) is 11.6 Å². The van der Waals surface area contributed by atoms with E-state index in [1.165, 1.54) is 6.42 Å². The molecule has 0 amide bonds. The molecule has 4 atom stereocenters. The third-order valence-electron chi connectivity index (χ3n) is 4.70. The fourth-order valence-corrected chi connectivity index (χ4v) is 2.70. The van der Waals surface area contributed by atoms with E-state index in [1.807, 2.05) is 0 Å². The summed E-state index contributed by atoms with van der Waals surface area (Å²) in [6, 6.07) is 0. The summed E-state index contributed by atoms with van der Waals surface area (Å²) in [5.74, 6) is 1.51. The van der Waals surface area contributed by atoms with Gasteiger partial charge in [0, 0.05) is 0 Å². The van der Waals surface area contributed by atoms with Gasteiger partial charge in [0.25, 0.3) is 0 Å². The summed E-state index contributed by atoms with van der Waals surface area (Å²) < 4.78 is 0. The second-order valence-electron chi connectivity index (χ2n) is 5.01. The summed E-state index contributed by atoms with van der Waals surface area (Å²) in [6.07, 6.45) is 4.39. The van der Waals surface area contributed by atoms with Crippen molar-refractivity contribution in [3.8, 4) is 0 Å². The van der Waals surface area contributed by atoms with Crippen molar-refractivity contribution in [2.45, 2.75) is 41.0 Å². The first-order valence-corrected chi connectivity index (χ1v) is 5.64. The monoisotopic (exact) mass is 194 g/mol. The van der Waals surface area contributed by atoms with Gasteiger partial charge in [-0.05, 0) is 35.2 Å². The van der Waals surface area contributed by atoms with Gasteiger partial charge in [-0.3, -0.25) is 4.79 Å². The molecule has 1 aliphatic carbocycles. The summed E-state index contributed by atoms with van der Waals surface area (Å²) in [4.78, 5) is 10.9. The number of carbonyl (C=O) groups excluding carboxylic acids is 1. The van der Waals surface area contributed by atoms with E-state index in [-0.39, 0.29) is 0 Å². The van der Waals surface area contributed by atoms with Crippen molar-refractivity contribution in [1.82, 2.24) is 0 Å². The zero-order valence-corrected chi connectivity index (χ0v) is 10.0. The van der Waals surface area contributed by atoms with E-state index in [4.69, 9.17) is 0 Å². The standard InChI is InChI=1S/C13H22O/c1-6-13(5)9(2)7-12(8-14)10(3)11(13)4/h7-11H,6H2,1-5H3. The summed E-state index contributed by atoms with van der Waals surface area (Å²) in [6.45, 7) is 11.3. The Bertz CT molecular complexity index is 254. The molecule has 1 rings (SSSR count). The van der Waals surface area contributed by atoms with E-state index in [0.717, 1.165) is 11.9 Å². The van der Waals surface area contributed by atoms with E-state index < -0.39 is 0 Å². The van der Waals surface area contributed by atoms with Crippen molar-refractivity contribution >= 4 is 6.29 Å². The van der Waals surface area contributed by atoms with Gasteiger partial charge in [-0.1, -0.05) is 40.7 Å². The lowest BCUT2D eigenvalue weighted by Gasteiger charge is -2.46. The highest BCUT2D eigenvalue weighted by Gasteiger charge is 2.41. The SMILES string of the molecule is CCC1(C)C(C)C=C(C=O)C(C)C1C. The van der Waals surface area contributed by atoms with Crippen molar-refractivity contribution in [2.75, 3.05) is 0 Å². The first-order valence-electron chi connectivity index (χ1n) is 5.64. The molecule has 1 nitrogen and oxygen atoms in total. The maximum absolute atomic E-state index is 10.9. The Balaban J connectivity index is 3.08. The summed E-state index contributed by atoms with van der Waals surface area (Å²) in [7, 11) is 0. The molecule has 0 spiro atoms. The van der Waals surface area contributed by atoms with Crippen molar-refractivity contribution in [3.05, 3.63) is 11.6 Å². The third-order valence-corrected chi connectivity index (χ3v) is 4.70. The van der Waals surface area contributed by atoms with Crippen molar-refractivity contribution in [2.24, 2.45) is 23.2 Å². The molecular weight excluding hydrogens is 172 g/mol. The molecule has 80 valence electrons. The topological polar surface area (TPSA) is 17.1 Å². The maximum atomic E-state index is 10.9. The van der Waals surface area contributed by atoms with Crippen molar-refractivity contribution in [1.29, 1.82) is 0 Å². The minimum atomic E-state index is 0.353. The third kappa shape index (κ3) is 1.53. The molecule has 4 unspecified atom stereocenters. The molecule has 0 aromatic rings. The van der Waals surface area contributed by atoms with Crippen LogP contribution in [0.4, 0.5) is 0 Å². The number of rotatable bonds is 2. The van der Waals surface area contributed by atoms with Crippen LogP contribution in [0.3, 0.4) is 0 Å². The van der Waals surface area contributed by atoms with Crippen LogP contribution in [-0.2, 0) is 4.79 Å². The number of hydrogen-bond donors (Lipinski definition) is 0. The number of carbonyl (C=O) groups is 1. The normalized spacial score (nSPS) is 43.2. The van der Waals surface area contributed by atoms with Gasteiger partial charge in [0.05, 0.1) is 0 Å². The van der Waals surface area contributed by atoms with Crippen LogP contribution < -0.4 is 0 Å². The largest absolute Gasteiger partial charge is 0.298 e. The fourth-order valence-electron chi connectivity index (χ4n) is 2.70. The van der Waals surface area contributed by atoms with E-state index >= 15 is 0 Å². The summed E-state index contributed by atoms with van der Waals surface area (Å²) >= 11 is 0. The molecule has 0 radical (unpaired) electrons. The number of hydrogen-bond acceptors (Lipinski definition) is 1. The van der Waals surface area contributed by atoms with Gasteiger partial charge in [0.15, 0.2) is 0 Å². The number of allylic oxidation sites excluding steroid dienone is 2. The lowest BCUT2D eigenvalue weighted by atomic mass is 9.58. The van der Waals surface area contributed by atoms with Crippen LogP contribution in [0.1, 0.15) is 41.0 Å². The second kappa shape index (κ2) is 3.88. The fraction of sp³-hybridized carbons (Fsp3) is 0.769. The maximum Gasteiger partial charge on any atom is 0.145 e. The van der Waals surface area contributed by atoms with Crippen LogP contribution in [-0.4, -0.2) is 6.29 Å². The van der Waals surface area contributed by atoms with Crippen LogP contribution in [0.2, 0.25) is 0 Å². The highest BCUT2D eigenvalue weighted by Crippen LogP contribution is 2.48. The minimum Gasteiger partial charge on any atom is -0.298 e. The highest BCUT2D eigenvalue weighted by atomic mass is 16.1. The molecule has 1 aliphatic rings. The molecule has 0 aromatic heterocycles. The Kier molecular flexibility index (Phi) is 3.18. The van der Waals surface area contributed by atoms with Gasteiger partial charge >= 0.3 is 0 Å². The lowest BCUT2D eigenvalue weighted by Crippen LogP contribution is -2.39. The van der Waals surface area contributed by atoms with E-state index in [2.05, 4.69) is 40.7 Å². The molecule has 0 N–H and O–H groups in total. The lowest BCUT2D eigenvalue weighted by molar-refractivity contribution is -0.106. The average Bonchev–Trinajstić information content (AvgIpc) is 2.20. The Labute approximate surface area is 87.6 Å². The predicted molar refractivity (Wildman–Crippen MR) is 60.0 cm³/mol. The molecule has 0 saturated carbocycles. The van der Waals surface area contributed by atoms with Gasteiger partial charge in [0.1, 0.15) is 6.29 Å². The van der Waals surface area contributed by atoms with E-state index in [0.29, 0.717) is 23.2 Å². The summed E-state index contributed by atoms with van der Waals surface area (Å²) in [5, 5.41) is 0. The van der Waals surface area contributed by atoms with Crippen LogP contribution in [0.25, 0.3) is 0 Å². The molecule has 0 saturated heterocycles. The Morgan fingerprint density at radius 3 is 2.43 bits per heavy atom. The van der Waals surface area contributed by atoms with Gasteiger partial charge in [-0.2, -0.15) is 0 Å². The zero-order valence-electron chi connectivity index (χ0n) is 10.0. The zero-order chi connectivity index (χ0) is 10.9. The molecular formula is C13H22O. The molecule has 14 heavy (non-hydrogen) atoms. The Hall–Kier alpha value is -0.590. The van der Waals surface area contributed by atoms with E-state index in [1.54, 1.807) is 0 Å². The second-order valence-corrected chi connectivity index (χ2v) is 5.01. The average molecular weight is 194 g/mol. The first-order chi connectivity index (χ1) is 6.47. The van der Waals surface area contributed by atoms with Crippen LogP contribution in [0.5, 0.6) is 0 Å². The molecule has 0 fully saturated rings. The molecule has 0 aliphatic heterocycles. The van der Waals surface area contributed by atoms with Crippen LogP contribution >= 0.6 is 0 Å². The van der Waals surface area contributed by atoms with Gasteiger partial charge in [0.2, 0.25) is 0 Å². The molecule has 0 heterocycles. The van der Waals surface area contributed by atoms with Gasteiger partial charge in [-0.15, -0.1) is 0 Å². The van der Waals surface area contributed by atoms with Crippen molar-refractivity contribution in [3.63, 3.8) is 0 Å². The predicted octanol–water partition coefficient (Wildman–Crippen LogP) is 3.45. The molecule has 0 aromatic carbocycles. The minimum absolute atomic E-state index is 0.353. The van der Waals surface area contributed by atoms with Gasteiger partial charge in [-0.25, -0.2) is 0 Å². The Morgan fingerprint density at radius 1 is 1.43 bits per heavy atom. The summed E-state index contributed by atoms with van der Waals surface area (Å²) in [5.41, 5.74) is 1.35. The van der Waals surface area contributed by atoms with Crippen LogP contribution in [0, 0.1) is 23.2 Å². The first kappa shape index (κ1) is 11.5. The molecule has 0 bridgehead atoms. The Morgan fingerprint density at radius 2 is 2.00 bits per heavy atom. The smallest absolute Gasteiger partial charge is 0.145 e. The number of aldehydes is 1. The quantitative estimate of drug-likeness (QED) is 0.615. The molecule has 1 heteroatoms. The van der Waals surface area contributed by atoms with E-state index in [9.17, 15) is 4.79 Å². The highest BCUT2D eigenvalue weighted by molar-refractivity contribution is 5.74. The van der Waals surface area contributed by atoms with Crippen molar-refractivity contribution < 1.29 is 4.79 Å². The van der Waals surface area contributed by atoms with Gasteiger partial charge < -0.3 is 0 Å².